The molecule has 0 aliphatic heterocycles. The number of aromatic nitrogens is 3. The molecule has 1 heterocycles. The predicted molar refractivity (Wildman–Crippen MR) is 138 cm³/mol. The molecule has 0 fully saturated rings. The van der Waals surface area contributed by atoms with E-state index in [0.29, 0.717) is 16.1 Å². The number of hydrogen-bond donors (Lipinski definition) is 0. The number of hydrogen-bond acceptors (Lipinski definition) is 4. The lowest BCUT2D eigenvalue weighted by molar-refractivity contribution is 0.624. The van der Waals surface area contributed by atoms with Crippen molar-refractivity contribution in [3.05, 3.63) is 132 Å². The summed E-state index contributed by atoms with van der Waals surface area (Å²) in [4.78, 5) is 25.4. The monoisotopic (exact) mass is 522 g/mol. The quantitative estimate of drug-likeness (QED) is 0.323. The molecular weight excluding hydrogens is 507 g/mol. The normalized spacial score (nSPS) is 11.9. The van der Waals surface area contributed by atoms with Gasteiger partial charge in [0.15, 0.2) is 0 Å². The Morgan fingerprint density at radius 3 is 2.26 bits per heavy atom. The van der Waals surface area contributed by atoms with Crippen LogP contribution in [0.15, 0.2) is 88.6 Å². The smallest absolute Gasteiger partial charge is 0.267 e. The molecule has 0 bridgehead atoms. The van der Waals surface area contributed by atoms with Gasteiger partial charge >= 0.3 is 5.69 Å². The van der Waals surface area contributed by atoms with Gasteiger partial charge in [-0.3, -0.25) is 9.36 Å². The van der Waals surface area contributed by atoms with Gasteiger partial charge in [-0.15, -0.1) is 0 Å². The van der Waals surface area contributed by atoms with Crippen LogP contribution in [-0.4, -0.2) is 14.3 Å². The van der Waals surface area contributed by atoms with Crippen LogP contribution in [0.2, 0.25) is 15.1 Å². The average molecular weight is 524 g/mol. The Balaban J connectivity index is 1.70. The summed E-state index contributed by atoms with van der Waals surface area (Å²) in [7, 11) is 0. The molecule has 0 aliphatic rings. The molecule has 9 heteroatoms. The second-order valence-corrected chi connectivity index (χ2v) is 8.79. The highest BCUT2D eigenvalue weighted by Gasteiger charge is 2.22. The van der Waals surface area contributed by atoms with Crippen molar-refractivity contribution in [1.82, 2.24) is 14.3 Å². The molecule has 4 aromatic rings. The van der Waals surface area contributed by atoms with Gasteiger partial charge in [-0.05, 0) is 35.4 Å². The molecule has 0 saturated carbocycles. The van der Waals surface area contributed by atoms with E-state index >= 15 is 0 Å². The van der Waals surface area contributed by atoms with Gasteiger partial charge in [0.05, 0.1) is 17.7 Å². The number of nitrogens with zero attached hydrogens (tertiary/aromatic N) is 4. The third kappa shape index (κ3) is 5.39. The molecule has 174 valence electrons. The van der Waals surface area contributed by atoms with E-state index in [2.05, 4.69) is 11.2 Å². The molecule has 1 aromatic heterocycles. The van der Waals surface area contributed by atoms with Crippen LogP contribution < -0.4 is 11.2 Å². The summed E-state index contributed by atoms with van der Waals surface area (Å²) in [5, 5.41) is 14.7. The molecule has 35 heavy (non-hydrogen) atoms. The van der Waals surface area contributed by atoms with E-state index < -0.39 is 17.2 Å². The Hall–Kier alpha value is -3.63. The highest BCUT2D eigenvalue weighted by atomic mass is 35.5. The van der Waals surface area contributed by atoms with Gasteiger partial charge in [-0.1, -0.05) is 89.4 Å². The number of benzene rings is 3. The number of allylic oxidation sites excluding steroid dienone is 1. The van der Waals surface area contributed by atoms with Crippen molar-refractivity contribution in [2.75, 3.05) is 0 Å². The first-order chi connectivity index (χ1) is 16.9. The molecule has 0 radical (unpaired) electrons. The Morgan fingerprint density at radius 2 is 1.63 bits per heavy atom. The fraction of sp³-hybridized carbons (Fsp3) is 0.0769. The van der Waals surface area contributed by atoms with E-state index in [9.17, 15) is 14.9 Å². The van der Waals surface area contributed by atoms with Crippen LogP contribution in [0, 0.1) is 11.3 Å². The van der Waals surface area contributed by atoms with Crippen molar-refractivity contribution in [3.63, 3.8) is 0 Å². The molecule has 1 atom stereocenters. The van der Waals surface area contributed by atoms with Crippen LogP contribution in [0.4, 0.5) is 0 Å². The lowest BCUT2D eigenvalue weighted by atomic mass is 9.92. The second kappa shape index (κ2) is 10.7. The van der Waals surface area contributed by atoms with E-state index in [0.717, 1.165) is 21.0 Å². The highest BCUT2D eigenvalue weighted by Crippen LogP contribution is 2.37. The maximum absolute atomic E-state index is 13.1. The van der Waals surface area contributed by atoms with Gasteiger partial charge in [-0.2, -0.15) is 15.0 Å². The topological polar surface area (TPSA) is 80.7 Å². The van der Waals surface area contributed by atoms with Crippen molar-refractivity contribution in [1.29, 1.82) is 5.26 Å². The molecule has 3 aromatic carbocycles. The maximum Gasteiger partial charge on any atom is 0.352 e. The molecule has 0 aliphatic carbocycles. The molecular formula is C26H17Cl3N4O2. The average Bonchev–Trinajstić information content (AvgIpc) is 2.85. The van der Waals surface area contributed by atoms with Gasteiger partial charge in [0.25, 0.3) is 5.56 Å². The zero-order valence-electron chi connectivity index (χ0n) is 18.1. The van der Waals surface area contributed by atoms with E-state index in [1.807, 2.05) is 36.4 Å². The lowest BCUT2D eigenvalue weighted by Gasteiger charge is -2.16. The summed E-state index contributed by atoms with van der Waals surface area (Å²) in [5.74, 6) is -0.747. The lowest BCUT2D eigenvalue weighted by Crippen LogP contribution is -2.39. The van der Waals surface area contributed by atoms with E-state index in [-0.39, 0.29) is 22.3 Å². The van der Waals surface area contributed by atoms with Gasteiger partial charge in [-0.25, -0.2) is 4.79 Å². The van der Waals surface area contributed by atoms with Crippen LogP contribution in [0.1, 0.15) is 22.6 Å². The zero-order valence-corrected chi connectivity index (χ0v) is 20.4. The van der Waals surface area contributed by atoms with Crippen LogP contribution in [0.3, 0.4) is 0 Å². The molecule has 0 spiro atoms. The minimum atomic E-state index is -0.747. The summed E-state index contributed by atoms with van der Waals surface area (Å²) in [5.41, 5.74) is 1.09. The summed E-state index contributed by atoms with van der Waals surface area (Å²) < 4.78 is 2.09. The largest absolute Gasteiger partial charge is 0.352 e. The van der Waals surface area contributed by atoms with Gasteiger partial charge in [0.2, 0.25) is 0 Å². The summed E-state index contributed by atoms with van der Waals surface area (Å²) in [6, 6.07) is 21.5. The van der Waals surface area contributed by atoms with Crippen LogP contribution in [-0.2, 0) is 6.54 Å². The summed E-state index contributed by atoms with van der Waals surface area (Å²) in [6.07, 6.45) is 4.59. The second-order valence-electron chi connectivity index (χ2n) is 7.54. The minimum Gasteiger partial charge on any atom is -0.267 e. The molecule has 1 unspecified atom stereocenters. The van der Waals surface area contributed by atoms with E-state index in [4.69, 9.17) is 34.8 Å². The predicted octanol–water partition coefficient (Wildman–Crippen LogP) is 5.72. The van der Waals surface area contributed by atoms with Crippen molar-refractivity contribution in [3.8, 4) is 11.8 Å². The zero-order chi connectivity index (χ0) is 24.9. The number of rotatable bonds is 6. The standard InChI is InChI=1S/C26H17Cl3N4O2/c27-19-10-8-18(9-11-19)21(15-30)25-22(28)13-20(14-23(25)29)33-26(35)32(24(34)16-31-33)12-4-7-17-5-2-1-3-6-17/h1-11,13-14,16,21H,12H2/b7-4+. The first-order valence-corrected chi connectivity index (χ1v) is 11.6. The Kier molecular flexibility index (Phi) is 7.52. The summed E-state index contributed by atoms with van der Waals surface area (Å²) in [6.45, 7) is 0.0572. The van der Waals surface area contributed by atoms with Gasteiger partial charge in [0, 0.05) is 27.2 Å². The molecule has 0 N–H and O–H groups in total. The molecule has 6 nitrogen and oxygen atoms in total. The highest BCUT2D eigenvalue weighted by molar-refractivity contribution is 6.36. The van der Waals surface area contributed by atoms with Crippen molar-refractivity contribution in [2.24, 2.45) is 0 Å². The van der Waals surface area contributed by atoms with Crippen LogP contribution >= 0.6 is 34.8 Å². The minimum absolute atomic E-state index is 0.0572. The Bertz CT molecular complexity index is 1530. The van der Waals surface area contributed by atoms with E-state index in [1.165, 1.54) is 12.1 Å². The maximum atomic E-state index is 13.1. The van der Waals surface area contributed by atoms with Crippen LogP contribution in [0.5, 0.6) is 0 Å². The first-order valence-electron chi connectivity index (χ1n) is 10.4. The van der Waals surface area contributed by atoms with Crippen molar-refractivity contribution in [2.45, 2.75) is 12.5 Å². The SMILES string of the molecule is N#CC(c1ccc(Cl)cc1)c1c(Cl)cc(-n2ncc(=O)n(C/C=C/c3ccccc3)c2=O)cc1Cl. The fourth-order valence-electron chi connectivity index (χ4n) is 3.57. The van der Waals surface area contributed by atoms with Crippen molar-refractivity contribution >= 4 is 40.9 Å². The molecule has 4 rings (SSSR count). The third-order valence-electron chi connectivity index (χ3n) is 5.29. The first kappa shape index (κ1) is 24.5. The Labute approximate surface area is 215 Å². The van der Waals surface area contributed by atoms with Crippen molar-refractivity contribution < 1.29 is 0 Å². The van der Waals surface area contributed by atoms with Crippen LogP contribution in [0.25, 0.3) is 11.8 Å². The van der Waals surface area contributed by atoms with Gasteiger partial charge in [0.1, 0.15) is 6.20 Å². The third-order valence-corrected chi connectivity index (χ3v) is 6.17. The Morgan fingerprint density at radius 1 is 0.971 bits per heavy atom. The fourth-order valence-corrected chi connectivity index (χ4v) is 4.39. The van der Waals surface area contributed by atoms with E-state index in [1.54, 1.807) is 30.3 Å². The molecule has 0 saturated heterocycles. The number of nitriles is 1. The number of halogens is 3. The molecule has 0 amide bonds. The summed E-state index contributed by atoms with van der Waals surface area (Å²) >= 11 is 19.0. The van der Waals surface area contributed by atoms with Gasteiger partial charge < -0.3 is 0 Å².